The minimum Gasteiger partial charge on any atom is -0.503 e. The lowest BCUT2D eigenvalue weighted by molar-refractivity contribution is -0.130. The van der Waals surface area contributed by atoms with Crippen LogP contribution in [0.2, 0.25) is 0 Å². The molecule has 0 saturated heterocycles. The van der Waals surface area contributed by atoms with Crippen molar-refractivity contribution in [2.45, 2.75) is 39.8 Å². The van der Waals surface area contributed by atoms with Gasteiger partial charge in [-0.2, -0.15) is 0 Å². The van der Waals surface area contributed by atoms with E-state index in [1.165, 1.54) is 4.90 Å². The number of rotatable bonds is 9. The number of hydrogen-bond acceptors (Lipinski definition) is 5. The van der Waals surface area contributed by atoms with Crippen LogP contribution in [-0.4, -0.2) is 35.4 Å². The number of aliphatic hydroxyl groups excluding tert-OH is 1. The lowest BCUT2D eigenvalue weighted by Crippen LogP contribution is -2.31. The molecule has 1 aliphatic rings. The molecule has 1 N–H and O–H groups in total. The molecule has 0 aliphatic carbocycles. The zero-order valence-corrected chi connectivity index (χ0v) is 18.4. The number of Topliss-reactive ketones (excluding diaryl/α,β-unsaturated/α-hetero) is 1. The fourth-order valence-corrected chi connectivity index (χ4v) is 3.86. The first-order chi connectivity index (χ1) is 14.9. The highest BCUT2D eigenvalue weighted by Gasteiger charge is 2.43. The average Bonchev–Trinajstić information content (AvgIpc) is 2.99. The molecule has 0 radical (unpaired) electrons. The Bertz CT molecular complexity index is 978. The second kappa shape index (κ2) is 9.69. The number of carbonyl (C=O) groups excluding carboxylic acids is 2. The Labute approximate surface area is 183 Å². The van der Waals surface area contributed by atoms with Gasteiger partial charge in [-0.05, 0) is 36.6 Å². The third-order valence-electron chi connectivity index (χ3n) is 5.24. The second-order valence-electron chi connectivity index (χ2n) is 7.93. The van der Waals surface area contributed by atoms with E-state index in [9.17, 15) is 14.7 Å². The second-order valence-corrected chi connectivity index (χ2v) is 7.93. The molecule has 6 nitrogen and oxygen atoms in total. The minimum absolute atomic E-state index is 0.104. The van der Waals surface area contributed by atoms with E-state index in [1.807, 2.05) is 69.3 Å². The van der Waals surface area contributed by atoms with Gasteiger partial charge in [0.2, 0.25) is 0 Å². The highest BCUT2D eigenvalue weighted by Crippen LogP contribution is 2.40. The summed E-state index contributed by atoms with van der Waals surface area (Å²) in [5.74, 6) is 0.197. The Morgan fingerprint density at radius 1 is 1.13 bits per heavy atom. The zero-order chi connectivity index (χ0) is 22.5. The van der Waals surface area contributed by atoms with Gasteiger partial charge in [0.15, 0.2) is 11.5 Å². The molecule has 1 heterocycles. The smallest absolute Gasteiger partial charge is 0.290 e. The number of nitrogens with zero attached hydrogens (tertiary/aromatic N) is 1. The van der Waals surface area contributed by atoms with Crippen molar-refractivity contribution in [1.82, 2.24) is 4.90 Å². The molecule has 1 unspecified atom stereocenters. The van der Waals surface area contributed by atoms with E-state index >= 15 is 0 Å². The van der Waals surface area contributed by atoms with Crippen molar-refractivity contribution in [3.05, 3.63) is 71.0 Å². The predicted octanol–water partition coefficient (Wildman–Crippen LogP) is 4.60. The molecule has 0 aromatic heterocycles. The summed E-state index contributed by atoms with van der Waals surface area (Å²) in [6.45, 7) is 6.51. The Morgan fingerprint density at radius 2 is 1.81 bits per heavy atom. The number of methoxy groups -OCH3 is 1. The van der Waals surface area contributed by atoms with E-state index in [1.54, 1.807) is 7.11 Å². The normalized spacial score (nSPS) is 16.2. The minimum atomic E-state index is -0.681. The molecule has 2 aromatic rings. The molecule has 31 heavy (non-hydrogen) atoms. The average molecular weight is 424 g/mol. The van der Waals surface area contributed by atoms with Gasteiger partial charge in [-0.1, -0.05) is 44.2 Å². The topological polar surface area (TPSA) is 76.1 Å². The van der Waals surface area contributed by atoms with Gasteiger partial charge in [-0.15, -0.1) is 0 Å². The lowest BCUT2D eigenvalue weighted by atomic mass is 9.92. The van der Waals surface area contributed by atoms with Gasteiger partial charge in [0.25, 0.3) is 5.91 Å². The van der Waals surface area contributed by atoms with Gasteiger partial charge in [0.1, 0.15) is 11.5 Å². The van der Waals surface area contributed by atoms with E-state index in [-0.39, 0.29) is 30.2 Å². The van der Waals surface area contributed by atoms with E-state index in [2.05, 4.69) is 0 Å². The summed E-state index contributed by atoms with van der Waals surface area (Å²) in [5.41, 5.74) is 1.68. The van der Waals surface area contributed by atoms with Crippen LogP contribution < -0.4 is 9.47 Å². The van der Waals surface area contributed by atoms with Gasteiger partial charge in [0, 0.05) is 12.0 Å². The lowest BCUT2D eigenvalue weighted by Gasteiger charge is -2.28. The first kappa shape index (κ1) is 22.4. The van der Waals surface area contributed by atoms with Crippen molar-refractivity contribution in [2.24, 2.45) is 5.92 Å². The number of benzene rings is 2. The van der Waals surface area contributed by atoms with Crippen molar-refractivity contribution in [3.63, 3.8) is 0 Å². The van der Waals surface area contributed by atoms with Gasteiger partial charge in [-0.3, -0.25) is 9.59 Å². The summed E-state index contributed by atoms with van der Waals surface area (Å²) < 4.78 is 11.0. The van der Waals surface area contributed by atoms with Crippen LogP contribution >= 0.6 is 0 Å². The Hall–Kier alpha value is -3.28. The largest absolute Gasteiger partial charge is 0.503 e. The molecule has 1 amide bonds. The fraction of sp³-hybridized carbons (Fsp3) is 0.360. The molecular formula is C25H29NO5. The quantitative estimate of drug-likeness (QED) is 0.638. The highest BCUT2D eigenvalue weighted by molar-refractivity contribution is 6.09. The number of ketones is 1. The molecule has 3 rings (SSSR count). The predicted molar refractivity (Wildman–Crippen MR) is 118 cm³/mol. The monoisotopic (exact) mass is 423 g/mol. The maximum absolute atomic E-state index is 13.1. The number of amides is 1. The molecule has 1 aliphatic heterocycles. The zero-order valence-electron chi connectivity index (χ0n) is 18.4. The first-order valence-corrected chi connectivity index (χ1v) is 10.5. The molecule has 6 heteroatoms. The summed E-state index contributed by atoms with van der Waals surface area (Å²) in [7, 11) is 1.57. The molecule has 164 valence electrons. The third-order valence-corrected chi connectivity index (χ3v) is 5.24. The Morgan fingerprint density at radius 3 is 2.42 bits per heavy atom. The van der Waals surface area contributed by atoms with Crippen LogP contribution in [0.15, 0.2) is 59.9 Å². The van der Waals surface area contributed by atoms with Crippen molar-refractivity contribution < 1.29 is 24.2 Å². The van der Waals surface area contributed by atoms with Crippen LogP contribution in [0.25, 0.3) is 0 Å². The van der Waals surface area contributed by atoms with Crippen molar-refractivity contribution in [2.75, 3.05) is 13.7 Å². The number of aliphatic hydroxyl groups is 1. The van der Waals surface area contributed by atoms with Crippen LogP contribution in [-0.2, 0) is 16.1 Å². The molecule has 0 bridgehead atoms. The molecule has 0 spiro atoms. The molecule has 0 fully saturated rings. The maximum Gasteiger partial charge on any atom is 0.290 e. The molecule has 1 atom stereocenters. The summed E-state index contributed by atoms with van der Waals surface area (Å²) >= 11 is 0. The number of hydrogen-bond donors (Lipinski definition) is 1. The summed E-state index contributed by atoms with van der Waals surface area (Å²) in [6.07, 6.45) is 0.253. The molecule has 2 aromatic carbocycles. The van der Waals surface area contributed by atoms with Crippen molar-refractivity contribution in [3.8, 4) is 11.5 Å². The summed E-state index contributed by atoms with van der Waals surface area (Å²) in [4.78, 5) is 27.6. The standard InChI is InChI=1S/C25H29NO5/c1-5-31-19-12-10-17(11-13-19)23-22(20(27)14-16(2)3)24(28)25(29)26(23)15-18-8-6-7-9-21(18)30-4/h6-13,16,23,28H,5,14-15H2,1-4H3. The van der Waals surface area contributed by atoms with Crippen LogP contribution in [0.5, 0.6) is 11.5 Å². The van der Waals surface area contributed by atoms with Gasteiger partial charge in [-0.25, -0.2) is 0 Å². The van der Waals surface area contributed by atoms with Gasteiger partial charge in [0.05, 0.1) is 31.9 Å². The highest BCUT2D eigenvalue weighted by atomic mass is 16.5. The van der Waals surface area contributed by atoms with Crippen LogP contribution in [0, 0.1) is 5.92 Å². The first-order valence-electron chi connectivity index (χ1n) is 10.5. The van der Waals surface area contributed by atoms with E-state index in [4.69, 9.17) is 9.47 Å². The number of para-hydroxylation sites is 1. The summed E-state index contributed by atoms with van der Waals surface area (Å²) in [6, 6.07) is 14.0. The van der Waals surface area contributed by atoms with Crippen molar-refractivity contribution in [1.29, 1.82) is 0 Å². The van der Waals surface area contributed by atoms with E-state index < -0.39 is 17.7 Å². The number of carbonyl (C=O) groups is 2. The van der Waals surface area contributed by atoms with Crippen LogP contribution in [0.1, 0.15) is 44.4 Å². The van der Waals surface area contributed by atoms with Crippen LogP contribution in [0.3, 0.4) is 0 Å². The van der Waals surface area contributed by atoms with Gasteiger partial charge < -0.3 is 19.5 Å². The molecular weight excluding hydrogens is 394 g/mol. The SMILES string of the molecule is CCOc1ccc(C2C(C(=O)CC(C)C)=C(O)C(=O)N2Cc2ccccc2OC)cc1. The number of ether oxygens (including phenoxy) is 2. The summed E-state index contributed by atoms with van der Waals surface area (Å²) in [5, 5.41) is 10.7. The fourth-order valence-electron chi connectivity index (χ4n) is 3.86. The van der Waals surface area contributed by atoms with Crippen molar-refractivity contribution >= 4 is 11.7 Å². The van der Waals surface area contributed by atoms with Crippen LogP contribution in [0.4, 0.5) is 0 Å². The van der Waals surface area contributed by atoms with E-state index in [0.29, 0.717) is 18.1 Å². The van der Waals surface area contributed by atoms with E-state index in [0.717, 1.165) is 11.1 Å². The molecule has 0 saturated carbocycles. The maximum atomic E-state index is 13.1. The Kier molecular flexibility index (Phi) is 7.00. The third kappa shape index (κ3) is 4.74. The Balaban J connectivity index is 2.04. The van der Waals surface area contributed by atoms with Gasteiger partial charge >= 0.3 is 0 Å².